The first-order valence-corrected chi connectivity index (χ1v) is 7.22. The van der Waals surface area contributed by atoms with Gasteiger partial charge in [0, 0.05) is 23.6 Å². The summed E-state index contributed by atoms with van der Waals surface area (Å²) in [7, 11) is 2.25. The Morgan fingerprint density at radius 1 is 1.11 bits per heavy atom. The van der Waals surface area contributed by atoms with Crippen LogP contribution in [0, 0.1) is 6.92 Å². The lowest BCUT2D eigenvalue weighted by Gasteiger charge is -2.13. The fraction of sp³-hybridized carbons (Fsp3) is 0.188. The molecule has 2 aromatic carbocycles. The van der Waals surface area contributed by atoms with E-state index in [0.29, 0.717) is 14.3 Å². The molecule has 1 unspecified atom stereocenters. The third-order valence-electron chi connectivity index (χ3n) is 3.16. The van der Waals surface area contributed by atoms with Crippen molar-refractivity contribution in [3.8, 4) is 5.75 Å². The van der Waals surface area contributed by atoms with Crippen molar-refractivity contribution in [1.82, 2.24) is 0 Å². The molecular formula is C16H18NOP. The summed E-state index contributed by atoms with van der Waals surface area (Å²) >= 11 is 0. The van der Waals surface area contributed by atoms with Crippen LogP contribution in [-0.2, 0) is 0 Å². The topological polar surface area (TPSA) is 32.6 Å². The maximum atomic E-state index is 9.93. The Bertz CT molecular complexity index is 620. The maximum Gasteiger partial charge on any atom is 0.123 e. The highest BCUT2D eigenvalue weighted by atomic mass is 31.1. The second kappa shape index (κ2) is 5.99. The van der Waals surface area contributed by atoms with E-state index in [1.165, 1.54) is 16.4 Å². The molecule has 0 radical (unpaired) electrons. The van der Waals surface area contributed by atoms with Gasteiger partial charge in [-0.1, -0.05) is 45.0 Å². The van der Waals surface area contributed by atoms with E-state index in [2.05, 4.69) is 30.1 Å². The van der Waals surface area contributed by atoms with Crippen LogP contribution < -0.4 is 10.6 Å². The van der Waals surface area contributed by atoms with Crippen LogP contribution in [0.3, 0.4) is 0 Å². The van der Waals surface area contributed by atoms with Crippen LogP contribution >= 0.6 is 8.58 Å². The first-order valence-electron chi connectivity index (χ1n) is 6.22. The van der Waals surface area contributed by atoms with Gasteiger partial charge < -0.3 is 5.11 Å². The molecule has 0 aliphatic carbocycles. The Hall–Kier alpha value is -1.66. The Morgan fingerprint density at radius 3 is 2.53 bits per heavy atom. The zero-order chi connectivity index (χ0) is 13.8. The fourth-order valence-electron chi connectivity index (χ4n) is 1.97. The van der Waals surface area contributed by atoms with E-state index in [4.69, 9.17) is 0 Å². The second-order valence-electron chi connectivity index (χ2n) is 4.45. The summed E-state index contributed by atoms with van der Waals surface area (Å²) in [4.78, 5) is 4.28. The van der Waals surface area contributed by atoms with Gasteiger partial charge in [-0.15, -0.1) is 0 Å². The van der Waals surface area contributed by atoms with Crippen molar-refractivity contribution >= 4 is 24.9 Å². The quantitative estimate of drug-likeness (QED) is 0.675. The maximum absolute atomic E-state index is 9.93. The molecule has 2 aromatic rings. The van der Waals surface area contributed by atoms with Crippen LogP contribution in [0.2, 0.25) is 0 Å². The van der Waals surface area contributed by atoms with Gasteiger partial charge >= 0.3 is 0 Å². The standard InChI is InChI=1S/C16H18NOP/c1-11-7-6-8-13(12(2)17-3)16(11)19-15-10-5-4-9-14(15)18/h4-10,18-19H,1-3H3. The summed E-state index contributed by atoms with van der Waals surface area (Å²) < 4.78 is 0. The number of phenolic OH excluding ortho intramolecular Hbond substituents is 1. The van der Waals surface area contributed by atoms with Crippen molar-refractivity contribution in [1.29, 1.82) is 0 Å². The molecule has 0 saturated heterocycles. The number of aromatic hydroxyl groups is 1. The van der Waals surface area contributed by atoms with Crippen molar-refractivity contribution in [3.63, 3.8) is 0 Å². The highest BCUT2D eigenvalue weighted by molar-refractivity contribution is 7.56. The molecule has 1 N–H and O–H groups in total. The summed E-state index contributed by atoms with van der Waals surface area (Å²) in [5.74, 6) is 0.362. The molecule has 19 heavy (non-hydrogen) atoms. The summed E-state index contributed by atoms with van der Waals surface area (Å²) in [6.45, 7) is 4.13. The molecule has 3 heteroatoms. The predicted molar refractivity (Wildman–Crippen MR) is 85.0 cm³/mol. The Labute approximate surface area is 116 Å². The van der Waals surface area contributed by atoms with Crippen molar-refractivity contribution in [2.45, 2.75) is 13.8 Å². The lowest BCUT2D eigenvalue weighted by atomic mass is 10.1. The second-order valence-corrected chi connectivity index (χ2v) is 5.74. The Morgan fingerprint density at radius 2 is 1.84 bits per heavy atom. The molecule has 0 heterocycles. The zero-order valence-corrected chi connectivity index (χ0v) is 12.4. The Kier molecular flexibility index (Phi) is 4.34. The van der Waals surface area contributed by atoms with Crippen molar-refractivity contribution in [3.05, 3.63) is 53.6 Å². The number of aliphatic imine (C=N–C) groups is 1. The smallest absolute Gasteiger partial charge is 0.123 e. The number of aryl methyl sites for hydroxylation is 1. The molecule has 98 valence electrons. The van der Waals surface area contributed by atoms with E-state index in [1.807, 2.05) is 32.2 Å². The molecule has 0 spiro atoms. The molecule has 0 fully saturated rings. The van der Waals surface area contributed by atoms with Gasteiger partial charge in [0.1, 0.15) is 5.75 Å². The van der Waals surface area contributed by atoms with Gasteiger partial charge in [0.25, 0.3) is 0 Å². The molecule has 2 nitrogen and oxygen atoms in total. The number of benzene rings is 2. The van der Waals surface area contributed by atoms with E-state index in [-0.39, 0.29) is 0 Å². The number of hydrogen-bond acceptors (Lipinski definition) is 2. The predicted octanol–water partition coefficient (Wildman–Crippen LogP) is 2.77. The summed E-state index contributed by atoms with van der Waals surface area (Å²) in [5.41, 5.74) is 3.44. The summed E-state index contributed by atoms with van der Waals surface area (Å²) in [6.07, 6.45) is 0. The minimum absolute atomic E-state index is 0.362. The first-order chi connectivity index (χ1) is 9.13. The highest BCUT2D eigenvalue weighted by Gasteiger charge is 2.10. The van der Waals surface area contributed by atoms with E-state index >= 15 is 0 Å². The fourth-order valence-corrected chi connectivity index (χ4v) is 3.31. The van der Waals surface area contributed by atoms with Gasteiger partial charge in [0.2, 0.25) is 0 Å². The average molecular weight is 271 g/mol. The van der Waals surface area contributed by atoms with Crippen molar-refractivity contribution < 1.29 is 5.11 Å². The summed E-state index contributed by atoms with van der Waals surface area (Å²) in [5, 5.41) is 12.2. The highest BCUT2D eigenvalue weighted by Crippen LogP contribution is 2.22. The number of rotatable bonds is 3. The molecule has 0 saturated carbocycles. The monoisotopic (exact) mass is 271 g/mol. The van der Waals surface area contributed by atoms with Gasteiger partial charge in [0.05, 0.1) is 0 Å². The van der Waals surface area contributed by atoms with Crippen LogP contribution in [0.15, 0.2) is 47.5 Å². The molecule has 0 amide bonds. The molecule has 0 bridgehead atoms. The van der Waals surface area contributed by atoms with E-state index in [1.54, 1.807) is 6.07 Å². The first kappa shape index (κ1) is 13.8. The van der Waals surface area contributed by atoms with Gasteiger partial charge in [-0.05, 0) is 30.8 Å². The number of phenols is 1. The number of hydrogen-bond donors (Lipinski definition) is 1. The minimum Gasteiger partial charge on any atom is -0.507 e. The van der Waals surface area contributed by atoms with Gasteiger partial charge in [-0.3, -0.25) is 4.99 Å². The normalized spacial score (nSPS) is 12.3. The molecule has 1 atom stereocenters. The lowest BCUT2D eigenvalue weighted by Crippen LogP contribution is -2.16. The average Bonchev–Trinajstić information content (AvgIpc) is 2.42. The van der Waals surface area contributed by atoms with Crippen LogP contribution in [0.5, 0.6) is 5.75 Å². The van der Waals surface area contributed by atoms with Crippen LogP contribution in [0.1, 0.15) is 18.1 Å². The lowest BCUT2D eigenvalue weighted by molar-refractivity contribution is 0.480. The third kappa shape index (κ3) is 3.02. The molecular weight excluding hydrogens is 253 g/mol. The van der Waals surface area contributed by atoms with Gasteiger partial charge in [-0.25, -0.2) is 0 Å². The van der Waals surface area contributed by atoms with E-state index < -0.39 is 0 Å². The molecule has 0 aliphatic heterocycles. The van der Waals surface area contributed by atoms with E-state index in [9.17, 15) is 5.11 Å². The summed E-state index contributed by atoms with van der Waals surface area (Å²) in [6, 6.07) is 13.8. The van der Waals surface area contributed by atoms with Gasteiger partial charge in [-0.2, -0.15) is 0 Å². The van der Waals surface area contributed by atoms with Crippen LogP contribution in [0.4, 0.5) is 0 Å². The number of nitrogens with zero attached hydrogens (tertiary/aromatic N) is 1. The number of para-hydroxylation sites is 1. The van der Waals surface area contributed by atoms with Crippen LogP contribution in [-0.4, -0.2) is 17.9 Å². The van der Waals surface area contributed by atoms with Crippen molar-refractivity contribution in [2.24, 2.45) is 4.99 Å². The van der Waals surface area contributed by atoms with Crippen LogP contribution in [0.25, 0.3) is 0 Å². The van der Waals surface area contributed by atoms with Crippen molar-refractivity contribution in [2.75, 3.05) is 7.05 Å². The Balaban J connectivity index is 2.48. The largest absolute Gasteiger partial charge is 0.507 e. The third-order valence-corrected chi connectivity index (χ3v) is 4.77. The molecule has 0 aliphatic rings. The molecule has 0 aromatic heterocycles. The van der Waals surface area contributed by atoms with Gasteiger partial charge in [0.15, 0.2) is 0 Å². The minimum atomic E-state index is 0.362. The molecule has 2 rings (SSSR count). The van der Waals surface area contributed by atoms with E-state index in [0.717, 1.165) is 11.0 Å². The zero-order valence-electron chi connectivity index (χ0n) is 11.4. The SMILES string of the molecule is CN=C(C)c1cccc(C)c1Pc1ccccc1O.